The van der Waals surface area contributed by atoms with E-state index in [-0.39, 0.29) is 5.57 Å². The molecule has 1 aliphatic rings. The lowest BCUT2D eigenvalue weighted by atomic mass is 10.2. The fraction of sp³-hybridized carbons (Fsp3) is 0.143. The van der Waals surface area contributed by atoms with E-state index in [2.05, 4.69) is 16.4 Å². The van der Waals surface area contributed by atoms with Crippen LogP contribution in [0.1, 0.15) is 25.0 Å². The zero-order chi connectivity index (χ0) is 13.3. The molecular formula is C14H12O4. The first-order valence-electron chi connectivity index (χ1n) is 5.41. The highest BCUT2D eigenvalue weighted by atomic mass is 17.2. The smallest absolute Gasteiger partial charge is 0.242 e. The third-order valence-corrected chi connectivity index (χ3v) is 2.63. The van der Waals surface area contributed by atoms with Gasteiger partial charge in [0.05, 0.1) is 0 Å². The van der Waals surface area contributed by atoms with Crippen molar-refractivity contribution in [3.8, 4) is 0 Å². The van der Waals surface area contributed by atoms with Crippen molar-refractivity contribution in [3.05, 3.63) is 53.1 Å². The van der Waals surface area contributed by atoms with Crippen molar-refractivity contribution < 1.29 is 19.4 Å². The standard InChI is InChI=1S/C14H12O4/c1-8(2)13(15)17-18-14(16)9(3)12-10-6-4-5-7-11(10)12/h4-7H,1H2,2-3H3. The molecule has 0 heterocycles. The minimum atomic E-state index is -0.755. The molecule has 0 aromatic heterocycles. The van der Waals surface area contributed by atoms with Crippen molar-refractivity contribution in [2.75, 3.05) is 0 Å². The number of benzene rings is 1. The van der Waals surface area contributed by atoms with E-state index in [1.54, 1.807) is 6.92 Å². The molecule has 18 heavy (non-hydrogen) atoms. The number of carbonyl (C=O) groups is 2. The summed E-state index contributed by atoms with van der Waals surface area (Å²) >= 11 is 0. The summed E-state index contributed by atoms with van der Waals surface area (Å²) in [6.45, 7) is 6.48. The van der Waals surface area contributed by atoms with E-state index in [9.17, 15) is 9.59 Å². The van der Waals surface area contributed by atoms with Gasteiger partial charge in [0.25, 0.3) is 0 Å². The van der Waals surface area contributed by atoms with Gasteiger partial charge in [-0.2, -0.15) is 0 Å². The second-order valence-electron chi connectivity index (χ2n) is 4.07. The van der Waals surface area contributed by atoms with Crippen LogP contribution in [0.5, 0.6) is 0 Å². The highest BCUT2D eigenvalue weighted by molar-refractivity contribution is 6.11. The van der Waals surface area contributed by atoms with Crippen LogP contribution in [0.15, 0.2) is 42.0 Å². The summed E-state index contributed by atoms with van der Waals surface area (Å²) in [6.07, 6.45) is 0. The Kier molecular flexibility index (Phi) is 3.02. The van der Waals surface area contributed by atoms with Gasteiger partial charge in [-0.25, -0.2) is 19.4 Å². The predicted molar refractivity (Wildman–Crippen MR) is 65.1 cm³/mol. The van der Waals surface area contributed by atoms with E-state index in [1.165, 1.54) is 6.92 Å². The molecule has 0 unspecified atom stereocenters. The quantitative estimate of drug-likeness (QED) is 0.462. The van der Waals surface area contributed by atoms with E-state index < -0.39 is 11.9 Å². The average molecular weight is 244 g/mol. The van der Waals surface area contributed by atoms with Crippen LogP contribution in [0.25, 0.3) is 5.57 Å². The Morgan fingerprint density at radius 3 is 2.00 bits per heavy atom. The molecule has 0 N–H and O–H groups in total. The van der Waals surface area contributed by atoms with Gasteiger partial charge >= 0.3 is 11.9 Å². The lowest BCUT2D eigenvalue weighted by molar-refractivity contribution is -0.252. The maximum atomic E-state index is 11.6. The van der Waals surface area contributed by atoms with E-state index in [1.807, 2.05) is 24.3 Å². The van der Waals surface area contributed by atoms with Crippen molar-refractivity contribution in [2.45, 2.75) is 13.8 Å². The Hall–Kier alpha value is -2.36. The lowest BCUT2D eigenvalue weighted by Gasteiger charge is -2.02. The van der Waals surface area contributed by atoms with Crippen molar-refractivity contribution >= 4 is 17.5 Å². The Morgan fingerprint density at radius 2 is 1.50 bits per heavy atom. The maximum absolute atomic E-state index is 11.6. The summed E-state index contributed by atoms with van der Waals surface area (Å²) in [5.74, 6) is -1.43. The Labute approximate surface area is 104 Å². The van der Waals surface area contributed by atoms with E-state index in [0.29, 0.717) is 5.57 Å². The van der Waals surface area contributed by atoms with Gasteiger partial charge in [0.15, 0.2) is 0 Å². The minimum absolute atomic E-state index is 0.169. The number of fused-ring (bicyclic) bond motifs is 1. The number of hydrogen-bond donors (Lipinski definition) is 0. The van der Waals surface area contributed by atoms with Crippen LogP contribution < -0.4 is 0 Å². The number of hydrogen-bond acceptors (Lipinski definition) is 4. The molecule has 4 heteroatoms. The Balaban J connectivity index is 2.02. The molecule has 4 nitrogen and oxygen atoms in total. The summed E-state index contributed by atoms with van der Waals surface area (Å²) in [6, 6.07) is 7.62. The van der Waals surface area contributed by atoms with Crippen molar-refractivity contribution in [1.82, 2.24) is 0 Å². The van der Waals surface area contributed by atoms with Gasteiger partial charge in [-0.1, -0.05) is 30.8 Å². The number of carbonyl (C=O) groups excluding carboxylic acids is 2. The first-order valence-corrected chi connectivity index (χ1v) is 5.41. The van der Waals surface area contributed by atoms with Crippen molar-refractivity contribution in [3.63, 3.8) is 0 Å². The molecule has 0 fully saturated rings. The second-order valence-corrected chi connectivity index (χ2v) is 4.07. The fourth-order valence-corrected chi connectivity index (χ4v) is 1.58. The van der Waals surface area contributed by atoms with Crippen LogP contribution in [0.2, 0.25) is 0 Å². The molecule has 1 aromatic carbocycles. The minimum Gasteiger partial charge on any atom is -0.242 e. The van der Waals surface area contributed by atoms with Crippen LogP contribution in [0, 0.1) is 0 Å². The van der Waals surface area contributed by atoms with E-state index >= 15 is 0 Å². The second kappa shape index (κ2) is 4.49. The fourth-order valence-electron chi connectivity index (χ4n) is 1.58. The Morgan fingerprint density at radius 1 is 1.00 bits per heavy atom. The molecule has 0 spiro atoms. The summed E-state index contributed by atoms with van der Waals surface area (Å²) in [5, 5.41) is 0. The molecule has 0 aliphatic heterocycles. The third-order valence-electron chi connectivity index (χ3n) is 2.63. The molecule has 2 rings (SSSR count). The van der Waals surface area contributed by atoms with Gasteiger partial charge in [-0.05, 0) is 25.0 Å². The van der Waals surface area contributed by atoms with E-state index in [4.69, 9.17) is 0 Å². The highest BCUT2D eigenvalue weighted by Crippen LogP contribution is 2.44. The molecule has 1 aliphatic carbocycles. The van der Waals surface area contributed by atoms with Crippen LogP contribution >= 0.6 is 0 Å². The van der Waals surface area contributed by atoms with Crippen molar-refractivity contribution in [1.29, 1.82) is 0 Å². The van der Waals surface area contributed by atoms with E-state index in [0.717, 1.165) is 16.7 Å². The largest absolute Gasteiger partial charge is 0.382 e. The third kappa shape index (κ3) is 2.18. The molecule has 0 saturated carbocycles. The Bertz CT molecular complexity index is 556. The zero-order valence-electron chi connectivity index (χ0n) is 10.1. The molecule has 0 atom stereocenters. The molecule has 0 saturated heterocycles. The molecule has 0 radical (unpaired) electrons. The van der Waals surface area contributed by atoms with Crippen LogP contribution in [0.3, 0.4) is 0 Å². The van der Waals surface area contributed by atoms with Crippen LogP contribution in [0.4, 0.5) is 0 Å². The average Bonchev–Trinajstić information content (AvgIpc) is 3.08. The summed E-state index contributed by atoms with van der Waals surface area (Å²) in [4.78, 5) is 31.5. The van der Waals surface area contributed by atoms with Crippen molar-refractivity contribution in [2.24, 2.45) is 0 Å². The van der Waals surface area contributed by atoms with Gasteiger partial charge in [0.1, 0.15) is 0 Å². The highest BCUT2D eigenvalue weighted by Gasteiger charge is 2.30. The molecule has 0 bridgehead atoms. The molecule has 0 amide bonds. The predicted octanol–water partition coefficient (Wildman–Crippen LogP) is 2.40. The van der Waals surface area contributed by atoms with Gasteiger partial charge < -0.3 is 0 Å². The molecular weight excluding hydrogens is 232 g/mol. The number of rotatable bonds is 2. The zero-order valence-corrected chi connectivity index (χ0v) is 10.1. The first kappa shape index (κ1) is 12.1. The monoisotopic (exact) mass is 244 g/mol. The van der Waals surface area contributed by atoms with Gasteiger partial charge in [0.2, 0.25) is 0 Å². The van der Waals surface area contributed by atoms with Gasteiger partial charge in [-0.15, -0.1) is 0 Å². The topological polar surface area (TPSA) is 52.6 Å². The summed E-state index contributed by atoms with van der Waals surface area (Å²) < 4.78 is 0. The molecule has 1 aromatic rings. The maximum Gasteiger partial charge on any atom is 0.382 e. The van der Waals surface area contributed by atoms with Crippen LogP contribution in [-0.2, 0) is 19.4 Å². The normalized spacial score (nSPS) is 11.3. The van der Waals surface area contributed by atoms with Gasteiger partial charge in [-0.3, -0.25) is 0 Å². The first-order chi connectivity index (χ1) is 8.52. The summed E-state index contributed by atoms with van der Waals surface area (Å²) in [5.41, 5.74) is 3.50. The summed E-state index contributed by atoms with van der Waals surface area (Å²) in [7, 11) is 0. The lowest BCUT2D eigenvalue weighted by Crippen LogP contribution is -2.12. The van der Waals surface area contributed by atoms with Crippen LogP contribution in [-0.4, -0.2) is 11.9 Å². The molecule has 92 valence electrons. The van der Waals surface area contributed by atoms with Gasteiger partial charge in [0, 0.05) is 16.7 Å². The SMILES string of the molecule is C=C(C)C(=O)OOC(=O)C(C)=C1c2ccccc21.